The van der Waals surface area contributed by atoms with Crippen LogP contribution in [0.1, 0.15) is 93.3 Å². The molecule has 18 heteroatoms. The summed E-state index contributed by atoms with van der Waals surface area (Å²) in [7, 11) is -2.88. The molecule has 1 aromatic rings. The van der Waals surface area contributed by atoms with Crippen molar-refractivity contribution in [2.24, 2.45) is 22.6 Å². The van der Waals surface area contributed by atoms with E-state index in [2.05, 4.69) is 25.5 Å². The SMILES string of the molecule is COC1NC(N)=Nc2c1ncn2[C@@H]1O[C@H](COP(=O)(NC(CC(C)C)C(=O)OC(C)C)NC(CC(C)C)C(=O)OC(C)C)[C@H](O)C1(C)O. The molecule has 2 aliphatic rings. The average molecular weight is 704 g/mol. The Morgan fingerprint density at radius 1 is 1.06 bits per heavy atom. The zero-order chi connectivity index (χ0) is 36.1. The van der Waals surface area contributed by atoms with Gasteiger partial charge in [-0.3, -0.25) is 18.7 Å². The molecule has 1 fully saturated rings. The molecule has 0 radical (unpaired) electrons. The van der Waals surface area contributed by atoms with Gasteiger partial charge >= 0.3 is 19.6 Å². The van der Waals surface area contributed by atoms with E-state index in [-0.39, 0.29) is 36.5 Å². The molecule has 7 atom stereocenters. The van der Waals surface area contributed by atoms with Crippen LogP contribution in [-0.2, 0) is 37.6 Å². The molecule has 17 nitrogen and oxygen atoms in total. The summed E-state index contributed by atoms with van der Waals surface area (Å²) in [5, 5.41) is 31.2. The lowest BCUT2D eigenvalue weighted by Gasteiger charge is -2.31. The molecule has 48 heavy (non-hydrogen) atoms. The largest absolute Gasteiger partial charge is 0.462 e. The lowest BCUT2D eigenvalue weighted by Crippen LogP contribution is -2.47. The minimum absolute atomic E-state index is 0.0189. The van der Waals surface area contributed by atoms with Crippen LogP contribution < -0.4 is 21.2 Å². The van der Waals surface area contributed by atoms with E-state index < -0.39 is 80.8 Å². The average Bonchev–Trinajstić information content (AvgIpc) is 3.46. The highest BCUT2D eigenvalue weighted by Crippen LogP contribution is 2.46. The Labute approximate surface area is 282 Å². The number of nitrogens with zero attached hydrogens (tertiary/aromatic N) is 3. The van der Waals surface area contributed by atoms with E-state index in [0.717, 1.165) is 0 Å². The summed E-state index contributed by atoms with van der Waals surface area (Å²) in [6.45, 7) is 15.2. The molecule has 0 saturated carbocycles. The number of guanidine groups is 1. The smallest absolute Gasteiger partial charge is 0.342 e. The van der Waals surface area contributed by atoms with Gasteiger partial charge in [0.1, 0.15) is 35.6 Å². The maximum atomic E-state index is 14.7. The maximum Gasteiger partial charge on any atom is 0.342 e. The third kappa shape index (κ3) is 9.97. The maximum absolute atomic E-state index is 14.7. The fraction of sp³-hybridized carbons (Fsp3) is 0.800. The summed E-state index contributed by atoms with van der Waals surface area (Å²) in [5.41, 5.74) is 4.40. The summed E-state index contributed by atoms with van der Waals surface area (Å²) in [6.07, 6.45) is -3.77. The molecule has 3 rings (SSSR count). The summed E-state index contributed by atoms with van der Waals surface area (Å²) in [5.74, 6) is -1.05. The van der Waals surface area contributed by atoms with Crippen molar-refractivity contribution < 1.29 is 47.8 Å². The first-order chi connectivity index (χ1) is 22.3. The minimum atomic E-state index is -4.34. The molecule has 7 N–H and O–H groups in total. The van der Waals surface area contributed by atoms with Gasteiger partial charge in [0.25, 0.3) is 0 Å². The first kappa shape index (κ1) is 39.8. The Morgan fingerprint density at radius 3 is 2.04 bits per heavy atom. The van der Waals surface area contributed by atoms with Gasteiger partial charge < -0.3 is 44.7 Å². The van der Waals surface area contributed by atoms with Crippen molar-refractivity contribution in [3.63, 3.8) is 0 Å². The van der Waals surface area contributed by atoms with E-state index in [4.69, 9.17) is 29.2 Å². The van der Waals surface area contributed by atoms with Crippen LogP contribution in [0.25, 0.3) is 0 Å². The normalized spacial score (nSPS) is 26.6. The van der Waals surface area contributed by atoms with Gasteiger partial charge in [0.2, 0.25) is 0 Å². The second kappa shape index (κ2) is 16.4. The number of nitrogens with two attached hydrogens (primary N) is 1. The van der Waals surface area contributed by atoms with Crippen molar-refractivity contribution in [1.82, 2.24) is 25.0 Å². The van der Waals surface area contributed by atoms with E-state index in [1.807, 2.05) is 27.7 Å². The number of carbonyl (C=O) groups excluding carboxylic acids is 2. The summed E-state index contributed by atoms with van der Waals surface area (Å²) < 4.78 is 44.4. The Kier molecular flexibility index (Phi) is 13.6. The number of aromatic nitrogens is 2. The van der Waals surface area contributed by atoms with E-state index in [9.17, 15) is 24.4 Å². The second-order valence-electron chi connectivity index (χ2n) is 13.8. The number of aliphatic hydroxyl groups excluding tert-OH is 1. The van der Waals surface area contributed by atoms with Crippen LogP contribution in [0, 0.1) is 11.8 Å². The van der Waals surface area contributed by atoms with E-state index in [1.54, 1.807) is 27.7 Å². The Bertz CT molecular complexity index is 1290. The standard InChI is InChI=1S/C30H54N7O10P/c1-15(2)11-19(26(39)45-17(5)6)35-48(42,36-20(12-16(3)4)27(40)46-18(7)8)44-13-21-23(38)30(9,41)28(47-21)37-14-32-22-24(37)33-29(31)34-25(22)43-10/h14-21,23,25,28,38,41H,11-13H2,1-10H3,(H3,31,33,34)(H2,35,36,42)/t19?,20?,21-,23+,25?,28-,30?,48?/m1/s1. The Morgan fingerprint density at radius 2 is 1.58 bits per heavy atom. The number of fused-ring (bicyclic) bond motifs is 1. The summed E-state index contributed by atoms with van der Waals surface area (Å²) >= 11 is 0. The number of ether oxygens (including phenoxy) is 4. The van der Waals surface area contributed by atoms with Crippen molar-refractivity contribution in [3.8, 4) is 0 Å². The molecule has 3 heterocycles. The molecule has 1 aromatic heterocycles. The first-order valence-corrected chi connectivity index (χ1v) is 17.9. The first-order valence-electron chi connectivity index (χ1n) is 16.2. The quantitative estimate of drug-likeness (QED) is 0.101. The van der Waals surface area contributed by atoms with Gasteiger partial charge in [0.05, 0.1) is 25.1 Å². The number of rotatable bonds is 17. The third-order valence-electron chi connectivity index (χ3n) is 7.55. The number of aliphatic hydroxyl groups is 2. The minimum Gasteiger partial charge on any atom is -0.462 e. The number of imidazole rings is 1. The van der Waals surface area contributed by atoms with Crippen LogP contribution in [-0.4, -0.2) is 93.5 Å². The number of carbonyl (C=O) groups is 2. The van der Waals surface area contributed by atoms with Crippen molar-refractivity contribution >= 4 is 31.4 Å². The van der Waals surface area contributed by atoms with Gasteiger partial charge in [-0.2, -0.15) is 4.99 Å². The van der Waals surface area contributed by atoms with Gasteiger partial charge in [0, 0.05) is 7.11 Å². The van der Waals surface area contributed by atoms with Crippen molar-refractivity contribution in [1.29, 1.82) is 0 Å². The Hall–Kier alpha value is -2.63. The Balaban J connectivity index is 1.94. The van der Waals surface area contributed by atoms with Gasteiger partial charge in [-0.1, -0.05) is 27.7 Å². The molecular weight excluding hydrogens is 649 g/mol. The number of methoxy groups -OCH3 is 1. The fourth-order valence-corrected chi connectivity index (χ4v) is 7.24. The van der Waals surface area contributed by atoms with Crippen molar-refractivity contribution in [2.75, 3.05) is 13.7 Å². The molecule has 0 aromatic carbocycles. The van der Waals surface area contributed by atoms with Crippen LogP contribution in [0.2, 0.25) is 0 Å². The predicted molar refractivity (Wildman–Crippen MR) is 176 cm³/mol. The van der Waals surface area contributed by atoms with Crippen molar-refractivity contribution in [3.05, 3.63) is 12.0 Å². The molecule has 1 saturated heterocycles. The van der Waals surface area contributed by atoms with Gasteiger partial charge in [0.15, 0.2) is 24.2 Å². The van der Waals surface area contributed by atoms with E-state index in [1.165, 1.54) is 24.9 Å². The van der Waals surface area contributed by atoms with E-state index in [0.29, 0.717) is 5.69 Å². The second-order valence-corrected chi connectivity index (χ2v) is 15.6. The lowest BCUT2D eigenvalue weighted by atomic mass is 9.96. The molecule has 2 aliphatic heterocycles. The topological polar surface area (TPSA) is 230 Å². The van der Waals surface area contributed by atoms with Gasteiger partial charge in [-0.15, -0.1) is 0 Å². The van der Waals surface area contributed by atoms with Crippen LogP contribution >= 0.6 is 7.67 Å². The van der Waals surface area contributed by atoms with Gasteiger partial charge in [-0.05, 0) is 59.3 Å². The van der Waals surface area contributed by atoms with Crippen LogP contribution in [0.3, 0.4) is 0 Å². The zero-order valence-electron chi connectivity index (χ0n) is 29.5. The molecular formula is C30H54N7O10P. The van der Waals surface area contributed by atoms with Crippen LogP contribution in [0.5, 0.6) is 0 Å². The number of aliphatic imine (C=N–C) groups is 1. The molecule has 0 aliphatic carbocycles. The number of hydrogen-bond donors (Lipinski definition) is 6. The molecule has 0 bridgehead atoms. The highest BCUT2D eigenvalue weighted by Gasteiger charge is 2.54. The fourth-order valence-electron chi connectivity index (χ4n) is 5.41. The number of nitrogens with one attached hydrogen (secondary N) is 3. The van der Waals surface area contributed by atoms with Crippen molar-refractivity contribution in [2.45, 2.75) is 130 Å². The predicted octanol–water partition coefficient (Wildman–Crippen LogP) is 2.12. The number of hydrogen-bond acceptors (Lipinski definition) is 14. The monoisotopic (exact) mass is 703 g/mol. The third-order valence-corrected chi connectivity index (χ3v) is 9.37. The molecule has 0 amide bonds. The van der Waals surface area contributed by atoms with Crippen LogP contribution in [0.4, 0.5) is 5.82 Å². The van der Waals surface area contributed by atoms with Crippen LogP contribution in [0.15, 0.2) is 11.3 Å². The molecule has 4 unspecified atom stereocenters. The van der Waals surface area contributed by atoms with E-state index >= 15 is 0 Å². The highest BCUT2D eigenvalue weighted by molar-refractivity contribution is 7.54. The highest BCUT2D eigenvalue weighted by atomic mass is 31.2. The number of esters is 2. The summed E-state index contributed by atoms with van der Waals surface area (Å²) in [4.78, 5) is 34.9. The molecule has 0 spiro atoms. The zero-order valence-corrected chi connectivity index (χ0v) is 30.4. The lowest BCUT2D eigenvalue weighted by molar-refractivity contribution is -0.150. The summed E-state index contributed by atoms with van der Waals surface area (Å²) in [6, 6.07) is -2.17. The van der Waals surface area contributed by atoms with Gasteiger partial charge in [-0.25, -0.2) is 15.2 Å². The molecule has 274 valence electrons.